The molecule has 0 heterocycles. The molecule has 0 fully saturated rings. The van der Waals surface area contributed by atoms with Gasteiger partial charge in [-0.3, -0.25) is 4.79 Å². The van der Waals surface area contributed by atoms with Crippen molar-refractivity contribution in [1.29, 1.82) is 5.26 Å². The quantitative estimate of drug-likeness (QED) is 0.635. The number of carbonyl (C=O) groups excluding carboxylic acids is 1. The SMILES string of the molecule is COc1ccc(OC)c(/C=C(\C#N)C(=O)Nc2cc(C)ccc2OC)c1. The first-order valence-corrected chi connectivity index (χ1v) is 7.82. The third-order valence-corrected chi connectivity index (χ3v) is 3.70. The normalized spacial score (nSPS) is 10.7. The van der Waals surface area contributed by atoms with E-state index in [4.69, 9.17) is 14.2 Å². The highest BCUT2D eigenvalue weighted by molar-refractivity contribution is 6.10. The van der Waals surface area contributed by atoms with Crippen LogP contribution < -0.4 is 19.5 Å². The van der Waals surface area contributed by atoms with Gasteiger partial charge in [-0.25, -0.2) is 0 Å². The molecule has 26 heavy (non-hydrogen) atoms. The zero-order valence-corrected chi connectivity index (χ0v) is 15.1. The Balaban J connectivity index is 2.37. The number of amides is 1. The molecule has 0 unspecified atom stereocenters. The smallest absolute Gasteiger partial charge is 0.266 e. The van der Waals surface area contributed by atoms with Crippen LogP contribution in [-0.4, -0.2) is 27.2 Å². The van der Waals surface area contributed by atoms with E-state index in [9.17, 15) is 10.1 Å². The maximum atomic E-state index is 12.6. The van der Waals surface area contributed by atoms with Crippen LogP contribution in [0.4, 0.5) is 5.69 Å². The van der Waals surface area contributed by atoms with Gasteiger partial charge in [0, 0.05) is 5.56 Å². The van der Waals surface area contributed by atoms with Gasteiger partial charge in [-0.2, -0.15) is 5.26 Å². The number of hydrogen-bond donors (Lipinski definition) is 1. The molecule has 0 aliphatic rings. The molecule has 0 aliphatic carbocycles. The van der Waals surface area contributed by atoms with Crippen LogP contribution in [0.2, 0.25) is 0 Å². The monoisotopic (exact) mass is 352 g/mol. The van der Waals surface area contributed by atoms with E-state index in [-0.39, 0.29) is 5.57 Å². The van der Waals surface area contributed by atoms with Crippen molar-refractivity contribution in [3.05, 3.63) is 53.1 Å². The molecule has 2 aromatic rings. The Hall–Kier alpha value is -3.46. The fourth-order valence-electron chi connectivity index (χ4n) is 2.37. The summed E-state index contributed by atoms with van der Waals surface area (Å²) < 4.78 is 15.7. The van der Waals surface area contributed by atoms with Crippen LogP contribution in [0.1, 0.15) is 11.1 Å². The Labute approximate surface area is 152 Å². The molecule has 6 nitrogen and oxygen atoms in total. The Kier molecular flexibility index (Phi) is 6.23. The van der Waals surface area contributed by atoms with Crippen molar-refractivity contribution in [1.82, 2.24) is 0 Å². The van der Waals surface area contributed by atoms with Crippen molar-refractivity contribution >= 4 is 17.7 Å². The Morgan fingerprint density at radius 2 is 1.73 bits per heavy atom. The summed E-state index contributed by atoms with van der Waals surface area (Å²) in [6.07, 6.45) is 1.46. The highest BCUT2D eigenvalue weighted by Gasteiger charge is 2.14. The van der Waals surface area contributed by atoms with Crippen molar-refractivity contribution in [3.8, 4) is 23.3 Å². The number of hydrogen-bond acceptors (Lipinski definition) is 5. The fourth-order valence-corrected chi connectivity index (χ4v) is 2.37. The molecule has 2 aromatic carbocycles. The minimum atomic E-state index is -0.540. The van der Waals surface area contributed by atoms with Crippen LogP contribution in [-0.2, 0) is 4.79 Å². The highest BCUT2D eigenvalue weighted by atomic mass is 16.5. The van der Waals surface area contributed by atoms with Crippen LogP contribution in [0.5, 0.6) is 17.2 Å². The van der Waals surface area contributed by atoms with Gasteiger partial charge < -0.3 is 19.5 Å². The largest absolute Gasteiger partial charge is 0.497 e. The van der Waals surface area contributed by atoms with E-state index in [0.717, 1.165) is 5.56 Å². The highest BCUT2D eigenvalue weighted by Crippen LogP contribution is 2.28. The number of nitrogens with zero attached hydrogens (tertiary/aromatic N) is 1. The lowest BCUT2D eigenvalue weighted by Gasteiger charge is -2.11. The zero-order valence-electron chi connectivity index (χ0n) is 15.1. The molecule has 0 bridgehead atoms. The van der Waals surface area contributed by atoms with E-state index in [2.05, 4.69) is 5.32 Å². The lowest BCUT2D eigenvalue weighted by molar-refractivity contribution is -0.112. The number of nitrogens with one attached hydrogen (secondary N) is 1. The van der Waals surface area contributed by atoms with Crippen molar-refractivity contribution < 1.29 is 19.0 Å². The number of nitriles is 1. The molecule has 2 rings (SSSR count). The molecule has 6 heteroatoms. The number of anilines is 1. The molecule has 1 amide bonds. The third kappa shape index (κ3) is 4.33. The molecule has 0 aliphatic heterocycles. The summed E-state index contributed by atoms with van der Waals surface area (Å²) in [6, 6.07) is 12.5. The Morgan fingerprint density at radius 3 is 2.35 bits per heavy atom. The molecule has 0 radical (unpaired) electrons. The predicted molar refractivity (Wildman–Crippen MR) is 99.5 cm³/mol. The van der Waals surface area contributed by atoms with Crippen LogP contribution >= 0.6 is 0 Å². The van der Waals surface area contributed by atoms with Gasteiger partial charge in [0.1, 0.15) is 28.9 Å². The van der Waals surface area contributed by atoms with E-state index >= 15 is 0 Å². The third-order valence-electron chi connectivity index (χ3n) is 3.70. The van der Waals surface area contributed by atoms with Gasteiger partial charge in [0.05, 0.1) is 27.0 Å². The van der Waals surface area contributed by atoms with Crippen LogP contribution in [0, 0.1) is 18.3 Å². The Bertz CT molecular complexity index is 882. The topological polar surface area (TPSA) is 80.6 Å². The molecule has 0 spiro atoms. The van der Waals surface area contributed by atoms with Crippen LogP contribution in [0.25, 0.3) is 6.08 Å². The van der Waals surface area contributed by atoms with Gasteiger partial charge in [0.25, 0.3) is 5.91 Å². The summed E-state index contributed by atoms with van der Waals surface area (Å²) in [5.74, 6) is 1.09. The second kappa shape index (κ2) is 8.58. The predicted octanol–water partition coefficient (Wildman–Crippen LogP) is 3.57. The first-order chi connectivity index (χ1) is 12.5. The van der Waals surface area contributed by atoms with Crippen LogP contribution in [0.15, 0.2) is 42.0 Å². The summed E-state index contributed by atoms with van der Waals surface area (Å²) in [7, 11) is 4.57. The standard InChI is InChI=1S/C20H20N2O4/c1-13-5-7-19(26-4)17(9-13)22-20(23)15(12-21)10-14-11-16(24-2)6-8-18(14)25-3/h5-11H,1-4H3,(H,22,23)/b15-10+. The second-order valence-electron chi connectivity index (χ2n) is 5.44. The molecule has 134 valence electrons. The van der Waals surface area contributed by atoms with Crippen molar-refractivity contribution in [2.45, 2.75) is 6.92 Å². The zero-order chi connectivity index (χ0) is 19.1. The van der Waals surface area contributed by atoms with Gasteiger partial charge in [0.15, 0.2) is 0 Å². The molecule has 1 N–H and O–H groups in total. The molecule has 0 aromatic heterocycles. The number of aryl methyl sites for hydroxylation is 1. The second-order valence-corrected chi connectivity index (χ2v) is 5.44. The van der Waals surface area contributed by atoms with Crippen molar-refractivity contribution in [2.24, 2.45) is 0 Å². The number of benzene rings is 2. The summed E-state index contributed by atoms with van der Waals surface area (Å²) in [4.78, 5) is 12.6. The number of carbonyl (C=O) groups is 1. The van der Waals surface area contributed by atoms with Gasteiger partial charge in [-0.1, -0.05) is 6.07 Å². The van der Waals surface area contributed by atoms with E-state index in [1.165, 1.54) is 27.4 Å². The van der Waals surface area contributed by atoms with Gasteiger partial charge in [-0.15, -0.1) is 0 Å². The van der Waals surface area contributed by atoms with E-state index < -0.39 is 5.91 Å². The molecule has 0 saturated carbocycles. The number of rotatable bonds is 6. The first-order valence-electron chi connectivity index (χ1n) is 7.82. The lowest BCUT2D eigenvalue weighted by atomic mass is 10.1. The fraction of sp³-hybridized carbons (Fsp3) is 0.200. The van der Waals surface area contributed by atoms with E-state index in [1.807, 2.05) is 19.1 Å². The van der Waals surface area contributed by atoms with Crippen LogP contribution in [0.3, 0.4) is 0 Å². The summed E-state index contributed by atoms with van der Waals surface area (Å²) >= 11 is 0. The maximum absolute atomic E-state index is 12.6. The minimum absolute atomic E-state index is 0.0693. The lowest BCUT2D eigenvalue weighted by Crippen LogP contribution is -2.14. The van der Waals surface area contributed by atoms with E-state index in [0.29, 0.717) is 28.5 Å². The number of methoxy groups -OCH3 is 3. The van der Waals surface area contributed by atoms with E-state index in [1.54, 1.807) is 30.3 Å². The molecular weight excluding hydrogens is 332 g/mol. The summed E-state index contributed by atoms with van der Waals surface area (Å²) in [6.45, 7) is 1.90. The average Bonchev–Trinajstić information content (AvgIpc) is 2.65. The molecule has 0 saturated heterocycles. The average molecular weight is 352 g/mol. The van der Waals surface area contributed by atoms with Crippen molar-refractivity contribution in [3.63, 3.8) is 0 Å². The van der Waals surface area contributed by atoms with Crippen molar-refractivity contribution in [2.75, 3.05) is 26.6 Å². The minimum Gasteiger partial charge on any atom is -0.497 e. The molecular formula is C20H20N2O4. The molecule has 0 atom stereocenters. The van der Waals surface area contributed by atoms with Gasteiger partial charge in [-0.05, 0) is 48.9 Å². The van der Waals surface area contributed by atoms with Gasteiger partial charge in [0.2, 0.25) is 0 Å². The number of ether oxygens (including phenoxy) is 3. The first kappa shape index (κ1) is 18.9. The summed E-state index contributed by atoms with van der Waals surface area (Å²) in [5, 5.41) is 12.1. The maximum Gasteiger partial charge on any atom is 0.266 e. The Morgan fingerprint density at radius 1 is 1.04 bits per heavy atom. The van der Waals surface area contributed by atoms with Gasteiger partial charge >= 0.3 is 0 Å². The summed E-state index contributed by atoms with van der Waals surface area (Å²) in [5.41, 5.74) is 1.95.